The highest BCUT2D eigenvalue weighted by molar-refractivity contribution is 4.87. The zero-order chi connectivity index (χ0) is 14.6. The number of nitrogens with one attached hydrogen (secondary N) is 1. The predicted molar refractivity (Wildman–Crippen MR) is 79.4 cm³/mol. The Morgan fingerprint density at radius 2 is 2.25 bits per heavy atom. The normalized spacial score (nSPS) is 25.0. The Kier molecular flexibility index (Phi) is 5.16. The second-order valence-corrected chi connectivity index (χ2v) is 6.96. The summed E-state index contributed by atoms with van der Waals surface area (Å²) in [5.74, 6) is 0.629. The number of aromatic nitrogens is 3. The SMILES string of the molecule is CC(CCn1cncn1)NC[C@H]1CCO[C@@H]1C(C)(C)C. The van der Waals surface area contributed by atoms with E-state index in [1.807, 2.05) is 4.68 Å². The van der Waals surface area contributed by atoms with E-state index in [0.29, 0.717) is 18.1 Å². The second-order valence-electron chi connectivity index (χ2n) is 6.96. The number of ether oxygens (including phenoxy) is 1. The van der Waals surface area contributed by atoms with E-state index in [1.54, 1.807) is 12.7 Å². The van der Waals surface area contributed by atoms with Gasteiger partial charge in [0, 0.05) is 31.7 Å². The monoisotopic (exact) mass is 280 g/mol. The van der Waals surface area contributed by atoms with Crippen LogP contribution in [0.2, 0.25) is 0 Å². The lowest BCUT2D eigenvalue weighted by Crippen LogP contribution is -2.39. The highest BCUT2D eigenvalue weighted by atomic mass is 16.5. The maximum absolute atomic E-state index is 5.92. The molecular weight excluding hydrogens is 252 g/mol. The van der Waals surface area contributed by atoms with E-state index in [9.17, 15) is 0 Å². The topological polar surface area (TPSA) is 52.0 Å². The van der Waals surface area contributed by atoms with Crippen LogP contribution < -0.4 is 5.32 Å². The van der Waals surface area contributed by atoms with E-state index in [1.165, 1.54) is 6.42 Å². The Bertz CT molecular complexity index is 385. The fourth-order valence-electron chi connectivity index (χ4n) is 2.93. The maximum Gasteiger partial charge on any atom is 0.137 e. The molecule has 2 heterocycles. The molecule has 20 heavy (non-hydrogen) atoms. The minimum atomic E-state index is 0.229. The van der Waals surface area contributed by atoms with Crippen LogP contribution in [0.3, 0.4) is 0 Å². The van der Waals surface area contributed by atoms with Crippen molar-refractivity contribution in [3.63, 3.8) is 0 Å². The van der Waals surface area contributed by atoms with Crippen LogP contribution >= 0.6 is 0 Å². The van der Waals surface area contributed by atoms with Crippen LogP contribution in [0.25, 0.3) is 0 Å². The lowest BCUT2D eigenvalue weighted by Gasteiger charge is -2.31. The van der Waals surface area contributed by atoms with Crippen LogP contribution in [0.5, 0.6) is 0 Å². The van der Waals surface area contributed by atoms with Gasteiger partial charge in [-0.2, -0.15) is 5.10 Å². The van der Waals surface area contributed by atoms with Gasteiger partial charge in [0.1, 0.15) is 12.7 Å². The van der Waals surface area contributed by atoms with Gasteiger partial charge in [0.2, 0.25) is 0 Å². The number of rotatable bonds is 6. The lowest BCUT2D eigenvalue weighted by molar-refractivity contribution is 0.00682. The van der Waals surface area contributed by atoms with Gasteiger partial charge in [-0.15, -0.1) is 0 Å². The van der Waals surface area contributed by atoms with Crippen molar-refractivity contribution < 1.29 is 4.74 Å². The van der Waals surface area contributed by atoms with E-state index in [4.69, 9.17) is 4.74 Å². The van der Waals surface area contributed by atoms with Gasteiger partial charge in [-0.3, -0.25) is 4.68 Å². The Balaban J connectivity index is 1.71. The minimum absolute atomic E-state index is 0.229. The van der Waals surface area contributed by atoms with Crippen LogP contribution in [-0.4, -0.2) is 40.1 Å². The van der Waals surface area contributed by atoms with Crippen molar-refractivity contribution in [1.82, 2.24) is 20.1 Å². The first-order chi connectivity index (χ1) is 9.47. The van der Waals surface area contributed by atoms with Crippen LogP contribution in [0, 0.1) is 11.3 Å². The standard InChI is InChI=1S/C15H28N4O/c1-12(5-7-19-11-16-10-18-19)17-9-13-6-8-20-14(13)15(2,3)4/h10-14,17H,5-9H2,1-4H3/t12?,13-,14+/m1/s1. The summed E-state index contributed by atoms with van der Waals surface area (Å²) < 4.78 is 7.80. The summed E-state index contributed by atoms with van der Waals surface area (Å²) in [7, 11) is 0. The van der Waals surface area contributed by atoms with Gasteiger partial charge >= 0.3 is 0 Å². The Morgan fingerprint density at radius 1 is 1.45 bits per heavy atom. The molecular formula is C15H28N4O. The van der Waals surface area contributed by atoms with Crippen LogP contribution in [0.15, 0.2) is 12.7 Å². The molecule has 0 bridgehead atoms. The molecule has 0 amide bonds. The third-order valence-electron chi connectivity index (χ3n) is 4.05. The zero-order valence-corrected chi connectivity index (χ0v) is 13.2. The number of hydrogen-bond donors (Lipinski definition) is 1. The molecule has 1 aliphatic heterocycles. The van der Waals surface area contributed by atoms with Crippen LogP contribution in [0.1, 0.15) is 40.5 Å². The van der Waals surface area contributed by atoms with Crippen molar-refractivity contribution >= 4 is 0 Å². The first-order valence-corrected chi connectivity index (χ1v) is 7.64. The van der Waals surface area contributed by atoms with Gasteiger partial charge in [-0.1, -0.05) is 20.8 Å². The van der Waals surface area contributed by atoms with Crippen molar-refractivity contribution in [2.45, 2.75) is 59.2 Å². The minimum Gasteiger partial charge on any atom is -0.377 e. The molecule has 3 atom stereocenters. The van der Waals surface area contributed by atoms with Crippen LogP contribution in [-0.2, 0) is 11.3 Å². The summed E-state index contributed by atoms with van der Waals surface area (Å²) in [5.41, 5.74) is 0.229. The molecule has 2 rings (SSSR count). The summed E-state index contributed by atoms with van der Waals surface area (Å²) in [5, 5.41) is 7.78. The fourth-order valence-corrected chi connectivity index (χ4v) is 2.93. The molecule has 1 unspecified atom stereocenters. The molecule has 1 aliphatic rings. The molecule has 1 fully saturated rings. The van der Waals surface area contributed by atoms with E-state index in [-0.39, 0.29) is 5.41 Å². The highest BCUT2D eigenvalue weighted by Crippen LogP contribution is 2.34. The Morgan fingerprint density at radius 3 is 2.90 bits per heavy atom. The zero-order valence-electron chi connectivity index (χ0n) is 13.2. The summed E-state index contributed by atoms with van der Waals surface area (Å²) >= 11 is 0. The summed E-state index contributed by atoms with van der Waals surface area (Å²) in [4.78, 5) is 3.96. The molecule has 1 aromatic rings. The first-order valence-electron chi connectivity index (χ1n) is 7.64. The summed E-state index contributed by atoms with van der Waals surface area (Å²) in [6, 6.07) is 0.486. The van der Waals surface area contributed by atoms with Gasteiger partial charge in [-0.05, 0) is 25.2 Å². The fraction of sp³-hybridized carbons (Fsp3) is 0.867. The van der Waals surface area contributed by atoms with E-state index >= 15 is 0 Å². The van der Waals surface area contributed by atoms with Gasteiger partial charge in [-0.25, -0.2) is 4.98 Å². The molecule has 0 spiro atoms. The van der Waals surface area contributed by atoms with Crippen molar-refractivity contribution in [3.05, 3.63) is 12.7 Å². The molecule has 1 aromatic heterocycles. The van der Waals surface area contributed by atoms with E-state index in [2.05, 4.69) is 43.1 Å². The smallest absolute Gasteiger partial charge is 0.137 e. The molecule has 0 saturated carbocycles. The third kappa shape index (κ3) is 4.28. The van der Waals surface area contributed by atoms with E-state index < -0.39 is 0 Å². The molecule has 114 valence electrons. The molecule has 0 aromatic carbocycles. The van der Waals surface area contributed by atoms with Gasteiger partial charge in [0.05, 0.1) is 6.10 Å². The largest absolute Gasteiger partial charge is 0.377 e. The number of aryl methyl sites for hydroxylation is 1. The molecule has 1 saturated heterocycles. The Hall–Kier alpha value is -0.940. The Labute approximate surface area is 122 Å². The third-order valence-corrected chi connectivity index (χ3v) is 4.05. The van der Waals surface area contributed by atoms with Crippen LogP contribution in [0.4, 0.5) is 0 Å². The number of hydrogen-bond acceptors (Lipinski definition) is 4. The van der Waals surface area contributed by atoms with Gasteiger partial charge < -0.3 is 10.1 Å². The molecule has 0 radical (unpaired) electrons. The van der Waals surface area contributed by atoms with Crippen molar-refractivity contribution in [1.29, 1.82) is 0 Å². The summed E-state index contributed by atoms with van der Waals surface area (Å²) in [6.07, 6.45) is 5.97. The highest BCUT2D eigenvalue weighted by Gasteiger charge is 2.36. The predicted octanol–water partition coefficient (Wildman–Crippen LogP) is 2.10. The molecule has 1 N–H and O–H groups in total. The molecule has 5 heteroatoms. The molecule has 5 nitrogen and oxygen atoms in total. The first kappa shape index (κ1) is 15.4. The van der Waals surface area contributed by atoms with Crippen molar-refractivity contribution in [3.8, 4) is 0 Å². The molecule has 0 aliphatic carbocycles. The second kappa shape index (κ2) is 6.68. The lowest BCUT2D eigenvalue weighted by atomic mass is 9.81. The average Bonchev–Trinajstić information content (AvgIpc) is 3.03. The van der Waals surface area contributed by atoms with Crippen molar-refractivity contribution in [2.75, 3.05) is 13.2 Å². The van der Waals surface area contributed by atoms with Crippen molar-refractivity contribution in [2.24, 2.45) is 11.3 Å². The maximum atomic E-state index is 5.92. The van der Waals surface area contributed by atoms with Gasteiger partial charge in [0.15, 0.2) is 0 Å². The van der Waals surface area contributed by atoms with E-state index in [0.717, 1.165) is 26.1 Å². The number of nitrogens with zero attached hydrogens (tertiary/aromatic N) is 3. The summed E-state index contributed by atoms with van der Waals surface area (Å²) in [6.45, 7) is 11.9. The van der Waals surface area contributed by atoms with Gasteiger partial charge in [0.25, 0.3) is 0 Å². The quantitative estimate of drug-likeness (QED) is 0.867. The average molecular weight is 280 g/mol.